The number of benzene rings is 1. The fraction of sp³-hybridized carbons (Fsp3) is 0.316. The highest BCUT2D eigenvalue weighted by molar-refractivity contribution is 5.94. The maximum Gasteiger partial charge on any atom is 0.416 e. The monoisotopic (exact) mass is 402 g/mol. The van der Waals surface area contributed by atoms with Gasteiger partial charge in [-0.15, -0.1) is 5.10 Å². The Morgan fingerprint density at radius 3 is 2.55 bits per heavy atom. The van der Waals surface area contributed by atoms with Crippen LogP contribution < -0.4 is 5.32 Å². The molecule has 10 heteroatoms. The molecule has 0 unspecified atom stereocenters. The molecular weight excluding hydrogens is 385 g/mol. The van der Waals surface area contributed by atoms with E-state index in [0.29, 0.717) is 17.3 Å². The second kappa shape index (κ2) is 7.26. The van der Waals surface area contributed by atoms with Gasteiger partial charge in [0.05, 0.1) is 11.6 Å². The normalized spacial score (nSPS) is 15.2. The van der Waals surface area contributed by atoms with Crippen molar-refractivity contribution in [2.24, 2.45) is 0 Å². The zero-order valence-electron chi connectivity index (χ0n) is 15.4. The topological polar surface area (TPSA) is 85.6 Å². The van der Waals surface area contributed by atoms with Crippen molar-refractivity contribution >= 4 is 5.91 Å². The Labute approximate surface area is 164 Å². The molecule has 7 nitrogen and oxygen atoms in total. The van der Waals surface area contributed by atoms with Crippen molar-refractivity contribution in [3.05, 3.63) is 65.5 Å². The quantitative estimate of drug-likeness (QED) is 0.707. The van der Waals surface area contributed by atoms with Crippen LogP contribution in [0.1, 0.15) is 59.0 Å². The molecule has 1 atom stereocenters. The van der Waals surface area contributed by atoms with E-state index in [1.807, 2.05) is 0 Å². The highest BCUT2D eigenvalue weighted by Crippen LogP contribution is 2.42. The fourth-order valence-electron chi connectivity index (χ4n) is 2.92. The highest BCUT2D eigenvalue weighted by Gasteiger charge is 2.34. The van der Waals surface area contributed by atoms with Crippen LogP contribution in [0.4, 0.5) is 13.2 Å². The summed E-state index contributed by atoms with van der Waals surface area (Å²) in [5, 5.41) is 6.88. The van der Waals surface area contributed by atoms with E-state index < -0.39 is 23.7 Å². The van der Waals surface area contributed by atoms with Crippen LogP contribution in [0.15, 0.2) is 43.0 Å². The summed E-state index contributed by atoms with van der Waals surface area (Å²) in [6.45, 7) is 1.65. The zero-order valence-corrected chi connectivity index (χ0v) is 15.4. The summed E-state index contributed by atoms with van der Waals surface area (Å²) in [5.41, 5.74) is -0.302. The van der Waals surface area contributed by atoms with Crippen LogP contribution in [0, 0.1) is 0 Å². The molecule has 2 heterocycles. The molecule has 1 N–H and O–H groups in total. The van der Waals surface area contributed by atoms with Crippen LogP contribution in [0.5, 0.6) is 0 Å². The van der Waals surface area contributed by atoms with E-state index in [9.17, 15) is 18.0 Å². The number of nitrogens with one attached hydrogen (secondary N) is 1. The smallest absolute Gasteiger partial charge is 0.342 e. The molecule has 150 valence electrons. The highest BCUT2D eigenvalue weighted by atomic mass is 19.4. The number of carbonyl (C=O) groups excluding carboxylic acids is 1. The number of halogens is 3. The lowest BCUT2D eigenvalue weighted by Crippen LogP contribution is -2.28. The van der Waals surface area contributed by atoms with Gasteiger partial charge in [0, 0.05) is 18.0 Å². The summed E-state index contributed by atoms with van der Waals surface area (Å²) < 4.78 is 41.0. The van der Waals surface area contributed by atoms with E-state index in [1.54, 1.807) is 25.4 Å². The molecule has 1 saturated carbocycles. The van der Waals surface area contributed by atoms with E-state index in [2.05, 4.69) is 25.4 Å². The second-order valence-corrected chi connectivity index (χ2v) is 6.91. The summed E-state index contributed by atoms with van der Waals surface area (Å²) in [4.78, 5) is 24.8. The van der Waals surface area contributed by atoms with Crippen molar-refractivity contribution in [3.63, 3.8) is 0 Å². The second-order valence-electron chi connectivity index (χ2n) is 6.91. The molecule has 1 fully saturated rings. The Balaban J connectivity index is 1.53. The predicted molar refractivity (Wildman–Crippen MR) is 96.2 cm³/mol. The molecule has 0 radical (unpaired) electrons. The van der Waals surface area contributed by atoms with Crippen molar-refractivity contribution < 1.29 is 18.0 Å². The lowest BCUT2D eigenvalue weighted by atomic mass is 10.0. The van der Waals surface area contributed by atoms with Crippen LogP contribution in [-0.4, -0.2) is 30.6 Å². The molecule has 29 heavy (non-hydrogen) atoms. The molecule has 1 aliphatic carbocycles. The molecule has 3 aromatic rings. The number of rotatable bonds is 5. The van der Waals surface area contributed by atoms with E-state index in [1.165, 1.54) is 17.1 Å². The summed E-state index contributed by atoms with van der Waals surface area (Å²) in [7, 11) is 0. The van der Waals surface area contributed by atoms with Crippen LogP contribution >= 0.6 is 0 Å². The van der Waals surface area contributed by atoms with Crippen molar-refractivity contribution in [1.82, 2.24) is 30.0 Å². The minimum Gasteiger partial charge on any atom is -0.342 e. The molecule has 0 bridgehead atoms. The van der Waals surface area contributed by atoms with Crippen LogP contribution in [0.25, 0.3) is 5.95 Å². The van der Waals surface area contributed by atoms with E-state index in [0.717, 1.165) is 25.0 Å². The van der Waals surface area contributed by atoms with Gasteiger partial charge in [-0.2, -0.15) is 17.9 Å². The molecule has 1 amide bonds. The van der Waals surface area contributed by atoms with Crippen molar-refractivity contribution in [3.8, 4) is 5.95 Å². The minimum atomic E-state index is -4.51. The number of amides is 1. The van der Waals surface area contributed by atoms with Gasteiger partial charge in [0.25, 0.3) is 11.9 Å². The number of aromatic nitrogens is 5. The number of alkyl halides is 3. The largest absolute Gasteiger partial charge is 0.416 e. The average molecular weight is 402 g/mol. The summed E-state index contributed by atoms with van der Waals surface area (Å²) >= 11 is 0. The van der Waals surface area contributed by atoms with Crippen molar-refractivity contribution in [2.75, 3.05) is 0 Å². The number of carbonyl (C=O) groups is 1. The Kier molecular flexibility index (Phi) is 4.77. The van der Waals surface area contributed by atoms with Gasteiger partial charge in [-0.1, -0.05) is 0 Å². The van der Waals surface area contributed by atoms with Gasteiger partial charge in [-0.3, -0.25) is 4.79 Å². The Morgan fingerprint density at radius 2 is 1.90 bits per heavy atom. The molecule has 0 spiro atoms. The standard InChI is InChI=1S/C19H17F3N6O/c1-11(16-25-10-28(27-16)18-23-5-2-6-24-18)26-17(29)14-7-13(12-3-4-12)8-15(9-14)19(20,21)22/h2,5-12H,3-4H2,1H3,(H,26,29)/t11-/m0/s1. The van der Waals surface area contributed by atoms with Gasteiger partial charge in [0.1, 0.15) is 6.33 Å². The van der Waals surface area contributed by atoms with E-state index in [4.69, 9.17) is 0 Å². The summed E-state index contributed by atoms with van der Waals surface area (Å²) in [6.07, 6.45) is 1.67. The lowest BCUT2D eigenvalue weighted by molar-refractivity contribution is -0.137. The Morgan fingerprint density at radius 1 is 1.17 bits per heavy atom. The van der Waals surface area contributed by atoms with Crippen LogP contribution in [-0.2, 0) is 6.18 Å². The molecule has 1 aromatic carbocycles. The maximum absolute atomic E-state index is 13.2. The van der Waals surface area contributed by atoms with Gasteiger partial charge in [0.2, 0.25) is 0 Å². The summed E-state index contributed by atoms with van der Waals surface area (Å²) in [6, 6.07) is 4.57. The first-order valence-corrected chi connectivity index (χ1v) is 9.03. The molecule has 1 aliphatic rings. The first-order valence-electron chi connectivity index (χ1n) is 9.03. The molecule has 2 aromatic heterocycles. The first-order chi connectivity index (χ1) is 13.8. The third kappa shape index (κ3) is 4.25. The number of hydrogen-bond acceptors (Lipinski definition) is 5. The minimum absolute atomic E-state index is 0.0283. The number of hydrogen-bond donors (Lipinski definition) is 1. The zero-order chi connectivity index (χ0) is 20.6. The average Bonchev–Trinajstić information content (AvgIpc) is 3.44. The Hall–Kier alpha value is -3.30. The van der Waals surface area contributed by atoms with E-state index >= 15 is 0 Å². The van der Waals surface area contributed by atoms with Crippen LogP contribution in [0.3, 0.4) is 0 Å². The molecular formula is C19H17F3N6O. The molecule has 0 saturated heterocycles. The number of nitrogens with zero attached hydrogens (tertiary/aromatic N) is 5. The first kappa shape index (κ1) is 19.0. The van der Waals surface area contributed by atoms with Crippen molar-refractivity contribution in [2.45, 2.75) is 37.9 Å². The van der Waals surface area contributed by atoms with E-state index in [-0.39, 0.29) is 11.5 Å². The maximum atomic E-state index is 13.2. The molecule has 4 rings (SSSR count). The van der Waals surface area contributed by atoms with Crippen LogP contribution in [0.2, 0.25) is 0 Å². The third-order valence-corrected chi connectivity index (χ3v) is 4.60. The lowest BCUT2D eigenvalue weighted by Gasteiger charge is -2.14. The molecule has 0 aliphatic heterocycles. The Bertz CT molecular complexity index is 1030. The van der Waals surface area contributed by atoms with Crippen molar-refractivity contribution in [1.29, 1.82) is 0 Å². The van der Waals surface area contributed by atoms with Gasteiger partial charge in [-0.05, 0) is 55.5 Å². The third-order valence-electron chi connectivity index (χ3n) is 4.60. The SMILES string of the molecule is C[C@H](NC(=O)c1cc(C2CC2)cc(C(F)(F)F)c1)c1ncn(-c2ncccn2)n1. The van der Waals surface area contributed by atoms with Gasteiger partial charge in [-0.25, -0.2) is 15.0 Å². The van der Waals surface area contributed by atoms with Gasteiger partial charge < -0.3 is 5.32 Å². The van der Waals surface area contributed by atoms with Gasteiger partial charge >= 0.3 is 6.18 Å². The summed E-state index contributed by atoms with van der Waals surface area (Å²) in [5.74, 6) is 0.0826. The van der Waals surface area contributed by atoms with Gasteiger partial charge in [0.15, 0.2) is 5.82 Å². The predicted octanol–water partition coefficient (Wildman–Crippen LogP) is 3.44. The fourth-order valence-corrected chi connectivity index (χ4v) is 2.92.